The summed E-state index contributed by atoms with van der Waals surface area (Å²) in [5.41, 5.74) is 12.0. The molecule has 0 aromatic heterocycles. The summed E-state index contributed by atoms with van der Waals surface area (Å²) in [4.78, 5) is 27.2. The molecule has 4 atom stereocenters. The normalized spacial score (nSPS) is 17.9. The van der Waals surface area contributed by atoms with Crippen molar-refractivity contribution in [2.45, 2.75) is 70.3 Å². The van der Waals surface area contributed by atoms with E-state index in [-0.39, 0.29) is 49.5 Å². The minimum atomic E-state index is -0.577. The van der Waals surface area contributed by atoms with Crippen LogP contribution in [0.3, 0.4) is 0 Å². The Bertz CT molecular complexity index is 1950. The SMILES string of the molecule is CC(c1ccc2ccccc2c1)N(C)CC1CC(c2ccc(CO)cc2)OC(c2ccc(CNC(=O)CCCC(=O)Nc3ccccc3N)cc2)O1. The number of rotatable bonds is 14. The summed E-state index contributed by atoms with van der Waals surface area (Å²) >= 11 is 0. The Hall–Kier alpha value is -5.06. The highest BCUT2D eigenvalue weighted by Gasteiger charge is 2.33. The molecule has 1 aliphatic rings. The third-order valence-electron chi connectivity index (χ3n) is 9.81. The molecule has 0 radical (unpaired) electrons. The number of carbonyl (C=O) groups excluding carboxylic acids is 2. The van der Waals surface area contributed by atoms with Crippen LogP contribution in [0.25, 0.3) is 10.8 Å². The van der Waals surface area contributed by atoms with Crippen LogP contribution < -0.4 is 16.4 Å². The quantitative estimate of drug-likeness (QED) is 0.0881. The minimum Gasteiger partial charge on any atom is -0.397 e. The number of hydrogen-bond donors (Lipinski definition) is 4. The predicted octanol–water partition coefficient (Wildman–Crippen LogP) is 7.58. The molecule has 270 valence electrons. The first-order chi connectivity index (χ1) is 25.2. The number of benzene rings is 5. The van der Waals surface area contributed by atoms with Crippen LogP contribution in [0.15, 0.2) is 115 Å². The maximum Gasteiger partial charge on any atom is 0.224 e. The van der Waals surface area contributed by atoms with Crippen molar-refractivity contribution < 1.29 is 24.2 Å². The number of nitrogens with one attached hydrogen (secondary N) is 2. The van der Waals surface area contributed by atoms with Crippen molar-refractivity contribution >= 4 is 34.0 Å². The predicted molar refractivity (Wildman–Crippen MR) is 205 cm³/mol. The van der Waals surface area contributed by atoms with Crippen molar-refractivity contribution in [1.82, 2.24) is 10.2 Å². The molecule has 52 heavy (non-hydrogen) atoms. The number of nitrogens with two attached hydrogens (primary N) is 1. The van der Waals surface area contributed by atoms with Crippen LogP contribution in [0.1, 0.15) is 78.9 Å². The summed E-state index contributed by atoms with van der Waals surface area (Å²) in [6.07, 6.45) is 0.731. The van der Waals surface area contributed by atoms with E-state index in [0.29, 0.717) is 37.3 Å². The fourth-order valence-electron chi connectivity index (χ4n) is 6.55. The van der Waals surface area contributed by atoms with Crippen LogP contribution in [0.4, 0.5) is 11.4 Å². The van der Waals surface area contributed by atoms with Gasteiger partial charge in [0.05, 0.1) is 30.2 Å². The number of fused-ring (bicyclic) bond motifs is 1. The number of hydrogen-bond acceptors (Lipinski definition) is 7. The van der Waals surface area contributed by atoms with Gasteiger partial charge < -0.3 is 30.9 Å². The van der Waals surface area contributed by atoms with E-state index in [1.807, 2.05) is 60.7 Å². The van der Waals surface area contributed by atoms with E-state index in [0.717, 1.165) is 22.3 Å². The average Bonchev–Trinajstić information content (AvgIpc) is 3.17. The highest BCUT2D eigenvalue weighted by molar-refractivity contribution is 5.94. The van der Waals surface area contributed by atoms with Gasteiger partial charge in [0.25, 0.3) is 0 Å². The lowest BCUT2D eigenvalue weighted by Crippen LogP contribution is -2.38. The van der Waals surface area contributed by atoms with E-state index in [1.54, 1.807) is 12.1 Å². The van der Waals surface area contributed by atoms with E-state index in [1.165, 1.54) is 16.3 Å². The standard InChI is InChI=1S/C43H48N4O5/c1-29(35-23-22-32-8-3-4-9-36(32)24-35)47(2)27-37-25-40(33-18-16-31(28-48)17-19-33)52-43(51-37)34-20-14-30(15-21-34)26-45-41(49)12-7-13-42(50)46-39-11-6-5-10-38(39)44/h3-6,8-11,14-24,29,37,40,43,48H,7,12-13,25-28,44H2,1-2H3,(H,45,49)(H,46,50). The van der Waals surface area contributed by atoms with E-state index in [4.69, 9.17) is 15.2 Å². The van der Waals surface area contributed by atoms with E-state index < -0.39 is 6.29 Å². The van der Waals surface area contributed by atoms with Gasteiger partial charge in [-0.2, -0.15) is 0 Å². The molecule has 0 spiro atoms. The van der Waals surface area contributed by atoms with E-state index >= 15 is 0 Å². The maximum atomic E-state index is 12.5. The van der Waals surface area contributed by atoms with Gasteiger partial charge in [-0.15, -0.1) is 0 Å². The summed E-state index contributed by atoms with van der Waals surface area (Å²) in [5, 5.41) is 17.8. The number of carbonyl (C=O) groups is 2. The molecule has 0 saturated carbocycles. The molecule has 5 aromatic rings. The Kier molecular flexibility index (Phi) is 12.3. The number of ether oxygens (including phenoxy) is 2. The van der Waals surface area contributed by atoms with Gasteiger partial charge >= 0.3 is 0 Å². The molecule has 9 heteroatoms. The van der Waals surface area contributed by atoms with Gasteiger partial charge in [-0.05, 0) is 71.6 Å². The Labute approximate surface area is 305 Å². The number of aliphatic hydroxyl groups excluding tert-OH is 1. The van der Waals surface area contributed by atoms with Crippen LogP contribution in [0.2, 0.25) is 0 Å². The molecule has 0 aliphatic carbocycles. The topological polar surface area (TPSA) is 126 Å². The van der Waals surface area contributed by atoms with Gasteiger partial charge in [0.1, 0.15) is 0 Å². The first-order valence-electron chi connectivity index (χ1n) is 17.9. The molecule has 9 nitrogen and oxygen atoms in total. The molecule has 1 aliphatic heterocycles. The molecule has 1 heterocycles. The molecular weight excluding hydrogens is 652 g/mol. The van der Waals surface area contributed by atoms with Crippen molar-refractivity contribution in [3.63, 3.8) is 0 Å². The van der Waals surface area contributed by atoms with Crippen molar-refractivity contribution in [2.24, 2.45) is 0 Å². The number of aliphatic hydroxyl groups is 1. The van der Waals surface area contributed by atoms with Gasteiger partial charge in [-0.25, -0.2) is 0 Å². The largest absolute Gasteiger partial charge is 0.397 e. The zero-order chi connectivity index (χ0) is 36.5. The van der Waals surface area contributed by atoms with Gasteiger partial charge in [-0.3, -0.25) is 14.5 Å². The molecule has 0 bridgehead atoms. The maximum absolute atomic E-state index is 12.5. The Morgan fingerprint density at radius 1 is 0.827 bits per heavy atom. The van der Waals surface area contributed by atoms with Crippen molar-refractivity contribution in [1.29, 1.82) is 0 Å². The first kappa shape index (κ1) is 36.7. The van der Waals surface area contributed by atoms with Gasteiger partial charge in [-0.1, -0.05) is 97.1 Å². The zero-order valence-electron chi connectivity index (χ0n) is 29.8. The highest BCUT2D eigenvalue weighted by Crippen LogP contribution is 2.39. The number of para-hydroxylation sites is 2. The second-order valence-electron chi connectivity index (χ2n) is 13.6. The van der Waals surface area contributed by atoms with Crippen LogP contribution in [-0.4, -0.2) is 41.5 Å². The van der Waals surface area contributed by atoms with Crippen molar-refractivity contribution in [2.75, 3.05) is 24.6 Å². The van der Waals surface area contributed by atoms with Gasteiger partial charge in [0.15, 0.2) is 6.29 Å². The lowest BCUT2D eigenvalue weighted by molar-refractivity contribution is -0.253. The highest BCUT2D eigenvalue weighted by atomic mass is 16.7. The Balaban J connectivity index is 1.05. The minimum absolute atomic E-state index is 0.00767. The molecule has 6 rings (SSSR count). The molecule has 1 fully saturated rings. The Morgan fingerprint density at radius 3 is 2.25 bits per heavy atom. The fourth-order valence-corrected chi connectivity index (χ4v) is 6.55. The van der Waals surface area contributed by atoms with Crippen LogP contribution in [0.5, 0.6) is 0 Å². The summed E-state index contributed by atoms with van der Waals surface area (Å²) in [6.45, 7) is 3.30. The lowest BCUT2D eigenvalue weighted by atomic mass is 9.98. The number of likely N-dealkylation sites (N-methyl/N-ethyl adjacent to an activating group) is 1. The average molecular weight is 701 g/mol. The molecule has 2 amide bonds. The lowest BCUT2D eigenvalue weighted by Gasteiger charge is -2.39. The third-order valence-corrected chi connectivity index (χ3v) is 9.81. The monoisotopic (exact) mass is 700 g/mol. The summed E-state index contributed by atoms with van der Waals surface area (Å²) in [7, 11) is 2.14. The molecule has 5 aromatic carbocycles. The number of nitrogen functional groups attached to an aromatic ring is 1. The van der Waals surface area contributed by atoms with Gasteiger partial charge in [0, 0.05) is 44.0 Å². The van der Waals surface area contributed by atoms with Crippen LogP contribution in [0, 0.1) is 0 Å². The molecule has 4 unspecified atom stereocenters. The van der Waals surface area contributed by atoms with Crippen molar-refractivity contribution in [3.05, 3.63) is 143 Å². The zero-order valence-corrected chi connectivity index (χ0v) is 29.8. The van der Waals surface area contributed by atoms with Crippen LogP contribution >= 0.6 is 0 Å². The molecule has 1 saturated heterocycles. The third kappa shape index (κ3) is 9.63. The smallest absolute Gasteiger partial charge is 0.224 e. The van der Waals surface area contributed by atoms with E-state index in [2.05, 4.69) is 72.0 Å². The fraction of sp³-hybridized carbons (Fsp3) is 0.302. The summed E-state index contributed by atoms with van der Waals surface area (Å²) in [5.74, 6) is -0.291. The molecular formula is C43H48N4O5. The second kappa shape index (κ2) is 17.4. The van der Waals surface area contributed by atoms with Crippen molar-refractivity contribution in [3.8, 4) is 0 Å². The summed E-state index contributed by atoms with van der Waals surface area (Å²) < 4.78 is 13.2. The second-order valence-corrected chi connectivity index (χ2v) is 13.6. The number of nitrogens with zero attached hydrogens (tertiary/aromatic N) is 1. The molecule has 5 N–H and O–H groups in total. The Morgan fingerprint density at radius 2 is 1.50 bits per heavy atom. The van der Waals surface area contributed by atoms with Gasteiger partial charge in [0.2, 0.25) is 11.8 Å². The first-order valence-corrected chi connectivity index (χ1v) is 17.9. The number of anilines is 2. The summed E-state index contributed by atoms with van der Waals surface area (Å²) in [6, 6.07) is 38.2. The number of amides is 2. The van der Waals surface area contributed by atoms with E-state index in [9.17, 15) is 14.7 Å². The van der Waals surface area contributed by atoms with Crippen LogP contribution in [-0.2, 0) is 32.2 Å².